The predicted octanol–water partition coefficient (Wildman–Crippen LogP) is 1.35. The third-order valence-corrected chi connectivity index (χ3v) is 2.15. The van der Waals surface area contributed by atoms with Gasteiger partial charge in [0.2, 0.25) is 0 Å². The lowest BCUT2D eigenvalue weighted by molar-refractivity contribution is 0.0694. The molecule has 0 amide bonds. The minimum Gasteiger partial charge on any atom is -0.477 e. The summed E-state index contributed by atoms with van der Waals surface area (Å²) in [5.74, 6) is -1.58. The molecule has 92 valence electrons. The molecule has 6 nitrogen and oxygen atoms in total. The molecule has 0 radical (unpaired) electrons. The van der Waals surface area contributed by atoms with Crippen molar-refractivity contribution in [2.75, 3.05) is 5.32 Å². The Bertz CT molecular complexity index is 637. The number of carbonyl (C=O) groups is 1. The number of hydrogen-bond acceptors (Lipinski definition) is 4. The van der Waals surface area contributed by atoms with E-state index in [2.05, 4.69) is 15.5 Å². The second-order valence-electron chi connectivity index (χ2n) is 3.43. The standard InChI is InChI=1S/C11H8FN3O3/c12-6-1-3-7(4-2-6)13-9-5-8(11(17)18)10(16)15-14-9/h1-5H,(H,13,14)(H,15,16)(H,17,18). The van der Waals surface area contributed by atoms with Gasteiger partial charge >= 0.3 is 5.97 Å². The smallest absolute Gasteiger partial charge is 0.341 e. The van der Waals surface area contributed by atoms with Gasteiger partial charge in [-0.3, -0.25) is 4.79 Å². The maximum absolute atomic E-state index is 12.7. The van der Waals surface area contributed by atoms with Crippen molar-refractivity contribution in [2.24, 2.45) is 0 Å². The van der Waals surface area contributed by atoms with Crippen LogP contribution in [0.25, 0.3) is 0 Å². The Labute approximate surface area is 100 Å². The predicted molar refractivity (Wildman–Crippen MR) is 61.5 cm³/mol. The van der Waals surface area contributed by atoms with E-state index in [1.165, 1.54) is 24.3 Å². The molecule has 18 heavy (non-hydrogen) atoms. The van der Waals surface area contributed by atoms with E-state index in [-0.39, 0.29) is 11.6 Å². The molecule has 0 bridgehead atoms. The van der Waals surface area contributed by atoms with Crippen LogP contribution in [-0.4, -0.2) is 21.3 Å². The van der Waals surface area contributed by atoms with Crippen LogP contribution in [0.4, 0.5) is 15.9 Å². The molecule has 0 saturated heterocycles. The summed E-state index contributed by atoms with van der Waals surface area (Å²) >= 11 is 0. The fraction of sp³-hybridized carbons (Fsp3) is 0. The number of aromatic nitrogens is 2. The Hall–Kier alpha value is -2.70. The van der Waals surface area contributed by atoms with Crippen molar-refractivity contribution in [1.29, 1.82) is 0 Å². The fourth-order valence-electron chi connectivity index (χ4n) is 1.31. The van der Waals surface area contributed by atoms with Crippen molar-refractivity contribution in [1.82, 2.24) is 10.2 Å². The Kier molecular flexibility index (Phi) is 3.05. The highest BCUT2D eigenvalue weighted by Gasteiger charge is 2.10. The summed E-state index contributed by atoms with van der Waals surface area (Å²) in [7, 11) is 0. The molecular weight excluding hydrogens is 241 g/mol. The first-order valence-corrected chi connectivity index (χ1v) is 4.92. The highest BCUT2D eigenvalue weighted by atomic mass is 19.1. The van der Waals surface area contributed by atoms with Gasteiger partial charge in [0, 0.05) is 11.8 Å². The summed E-state index contributed by atoms with van der Waals surface area (Å²) in [5.41, 5.74) is -0.686. The van der Waals surface area contributed by atoms with Crippen molar-refractivity contribution in [3.8, 4) is 0 Å². The lowest BCUT2D eigenvalue weighted by Gasteiger charge is -2.05. The molecule has 0 fully saturated rings. The quantitative estimate of drug-likeness (QED) is 0.763. The SMILES string of the molecule is O=C(O)c1cc(Nc2ccc(F)cc2)n[nH]c1=O. The van der Waals surface area contributed by atoms with Gasteiger partial charge in [-0.05, 0) is 24.3 Å². The number of nitrogens with one attached hydrogen (secondary N) is 2. The summed E-state index contributed by atoms with van der Waals surface area (Å²) in [6.45, 7) is 0. The third-order valence-electron chi connectivity index (χ3n) is 2.15. The number of aromatic amines is 1. The van der Waals surface area contributed by atoms with Gasteiger partial charge in [0.25, 0.3) is 5.56 Å². The van der Waals surface area contributed by atoms with Gasteiger partial charge in [-0.15, -0.1) is 0 Å². The summed E-state index contributed by atoms with van der Waals surface area (Å²) in [6, 6.07) is 6.51. The van der Waals surface area contributed by atoms with Crippen LogP contribution in [0.15, 0.2) is 35.1 Å². The molecule has 1 aromatic carbocycles. The Morgan fingerprint density at radius 3 is 2.61 bits per heavy atom. The van der Waals surface area contributed by atoms with Crippen LogP contribution in [-0.2, 0) is 0 Å². The lowest BCUT2D eigenvalue weighted by atomic mass is 10.3. The molecule has 2 aromatic rings. The zero-order chi connectivity index (χ0) is 13.1. The Morgan fingerprint density at radius 1 is 1.33 bits per heavy atom. The van der Waals surface area contributed by atoms with Crippen molar-refractivity contribution >= 4 is 17.5 Å². The number of rotatable bonds is 3. The minimum absolute atomic E-state index is 0.151. The van der Waals surface area contributed by atoms with E-state index in [1.54, 1.807) is 0 Å². The van der Waals surface area contributed by atoms with Crippen LogP contribution in [0.5, 0.6) is 0 Å². The van der Waals surface area contributed by atoms with Crippen LogP contribution in [0.2, 0.25) is 0 Å². The second kappa shape index (κ2) is 4.66. The van der Waals surface area contributed by atoms with E-state index in [4.69, 9.17) is 5.11 Å². The first-order valence-electron chi connectivity index (χ1n) is 4.92. The number of aromatic carboxylic acids is 1. The number of anilines is 2. The van der Waals surface area contributed by atoms with Gasteiger partial charge in [0.05, 0.1) is 0 Å². The number of carboxylic acid groups (broad SMARTS) is 1. The largest absolute Gasteiger partial charge is 0.477 e. The van der Waals surface area contributed by atoms with Crippen molar-refractivity contribution in [3.63, 3.8) is 0 Å². The molecule has 0 aliphatic carbocycles. The first kappa shape index (κ1) is 11.8. The van der Waals surface area contributed by atoms with Crippen LogP contribution in [0, 0.1) is 5.82 Å². The molecule has 1 aromatic heterocycles. The maximum atomic E-state index is 12.7. The van der Waals surface area contributed by atoms with E-state index in [1.807, 2.05) is 0 Å². The first-order chi connectivity index (χ1) is 8.56. The van der Waals surface area contributed by atoms with Crippen LogP contribution in [0.3, 0.4) is 0 Å². The maximum Gasteiger partial charge on any atom is 0.341 e. The van der Waals surface area contributed by atoms with Crippen molar-refractivity contribution in [3.05, 3.63) is 52.1 Å². The number of benzene rings is 1. The van der Waals surface area contributed by atoms with Gasteiger partial charge in [-0.1, -0.05) is 0 Å². The van der Waals surface area contributed by atoms with Crippen LogP contribution < -0.4 is 10.9 Å². The zero-order valence-electron chi connectivity index (χ0n) is 8.98. The summed E-state index contributed by atoms with van der Waals surface area (Å²) in [5, 5.41) is 17.2. The molecule has 0 spiro atoms. The average Bonchev–Trinajstić information content (AvgIpc) is 2.34. The topological polar surface area (TPSA) is 95.1 Å². The van der Waals surface area contributed by atoms with E-state index >= 15 is 0 Å². The van der Waals surface area contributed by atoms with E-state index in [9.17, 15) is 14.0 Å². The monoisotopic (exact) mass is 249 g/mol. The van der Waals surface area contributed by atoms with Crippen LogP contribution in [0.1, 0.15) is 10.4 Å². The number of H-pyrrole nitrogens is 1. The van der Waals surface area contributed by atoms with Crippen molar-refractivity contribution < 1.29 is 14.3 Å². The average molecular weight is 249 g/mol. The Balaban J connectivity index is 2.30. The summed E-state index contributed by atoms with van der Waals surface area (Å²) in [6.07, 6.45) is 0. The van der Waals surface area contributed by atoms with E-state index in [0.29, 0.717) is 5.69 Å². The Morgan fingerprint density at radius 2 is 2.00 bits per heavy atom. The molecule has 0 aliphatic heterocycles. The summed E-state index contributed by atoms with van der Waals surface area (Å²) in [4.78, 5) is 21.9. The van der Waals surface area contributed by atoms with Gasteiger partial charge in [-0.2, -0.15) is 5.10 Å². The second-order valence-corrected chi connectivity index (χ2v) is 3.43. The number of carboxylic acids is 1. The van der Waals surface area contributed by atoms with Gasteiger partial charge in [0.15, 0.2) is 5.82 Å². The zero-order valence-corrected chi connectivity index (χ0v) is 8.98. The number of nitrogens with zero attached hydrogens (tertiary/aromatic N) is 1. The molecule has 3 N–H and O–H groups in total. The highest BCUT2D eigenvalue weighted by molar-refractivity contribution is 5.88. The molecule has 2 rings (SSSR count). The molecule has 0 saturated carbocycles. The molecule has 7 heteroatoms. The minimum atomic E-state index is -1.35. The lowest BCUT2D eigenvalue weighted by Crippen LogP contribution is -2.19. The normalized spacial score (nSPS) is 10.1. The highest BCUT2D eigenvalue weighted by Crippen LogP contribution is 2.14. The fourth-order valence-corrected chi connectivity index (χ4v) is 1.31. The van der Waals surface area contributed by atoms with Gasteiger partial charge in [-0.25, -0.2) is 14.3 Å². The molecule has 0 atom stereocenters. The third kappa shape index (κ3) is 2.51. The number of halogens is 1. The molecule has 0 unspecified atom stereocenters. The van der Waals surface area contributed by atoms with Crippen molar-refractivity contribution in [2.45, 2.75) is 0 Å². The van der Waals surface area contributed by atoms with Crippen LogP contribution >= 0.6 is 0 Å². The van der Waals surface area contributed by atoms with E-state index in [0.717, 1.165) is 6.07 Å². The number of hydrogen-bond donors (Lipinski definition) is 3. The summed E-state index contributed by atoms with van der Waals surface area (Å²) < 4.78 is 12.7. The molecule has 1 heterocycles. The molecule has 0 aliphatic rings. The van der Waals surface area contributed by atoms with Gasteiger partial charge in [0.1, 0.15) is 11.4 Å². The van der Waals surface area contributed by atoms with E-state index < -0.39 is 17.1 Å². The molecular formula is C11H8FN3O3. The van der Waals surface area contributed by atoms with Gasteiger partial charge < -0.3 is 10.4 Å².